The summed E-state index contributed by atoms with van der Waals surface area (Å²) in [6.45, 7) is 2.60. The van der Waals surface area contributed by atoms with E-state index in [4.69, 9.17) is 9.52 Å². The molecule has 0 spiro atoms. The highest BCUT2D eigenvalue weighted by molar-refractivity contribution is 9.10. The third-order valence-electron chi connectivity index (χ3n) is 2.38. The van der Waals surface area contributed by atoms with Crippen LogP contribution in [-0.4, -0.2) is 5.11 Å². The summed E-state index contributed by atoms with van der Waals surface area (Å²) >= 11 is 3.46. The molecule has 1 heterocycles. The van der Waals surface area contributed by atoms with Crippen molar-refractivity contribution in [1.82, 2.24) is 0 Å². The number of hydrogen-bond acceptors (Lipinski definition) is 3. The summed E-state index contributed by atoms with van der Waals surface area (Å²) in [5.74, 6) is 1.40. The number of aliphatic hydroxyl groups excluding tert-OH is 1. The lowest BCUT2D eigenvalue weighted by Crippen LogP contribution is -1.98. The Kier molecular flexibility index (Phi) is 3.86. The molecule has 2 aromatic rings. The summed E-state index contributed by atoms with van der Waals surface area (Å²) in [7, 11) is 0. The number of rotatable bonds is 4. The van der Waals surface area contributed by atoms with Crippen LogP contribution in [0.4, 0.5) is 5.69 Å². The van der Waals surface area contributed by atoms with Gasteiger partial charge in [0.1, 0.15) is 18.1 Å². The second-order valence-electron chi connectivity index (χ2n) is 3.90. The Hall–Kier alpha value is -1.26. The Morgan fingerprint density at radius 2 is 2.00 bits per heavy atom. The fourth-order valence-corrected chi connectivity index (χ4v) is 2.24. The first-order valence-corrected chi connectivity index (χ1v) is 6.16. The molecule has 2 rings (SSSR count). The minimum atomic E-state index is -0.0595. The molecule has 0 amide bonds. The molecule has 0 saturated carbocycles. The van der Waals surface area contributed by atoms with Crippen LogP contribution in [0, 0.1) is 6.92 Å². The molecule has 0 aliphatic heterocycles. The number of benzene rings is 1. The highest BCUT2D eigenvalue weighted by atomic mass is 79.9. The topological polar surface area (TPSA) is 45.4 Å². The zero-order valence-electron chi connectivity index (χ0n) is 9.53. The number of halogens is 1. The molecule has 0 fully saturated rings. The normalized spacial score (nSPS) is 10.5. The van der Waals surface area contributed by atoms with Gasteiger partial charge in [-0.15, -0.1) is 0 Å². The lowest BCUT2D eigenvalue weighted by molar-refractivity contribution is 0.244. The van der Waals surface area contributed by atoms with Crippen molar-refractivity contribution in [2.45, 2.75) is 20.1 Å². The van der Waals surface area contributed by atoms with Crippen LogP contribution in [0.15, 0.2) is 39.2 Å². The predicted octanol–water partition coefficient (Wildman–Crippen LogP) is 3.45. The molecule has 2 N–H and O–H groups in total. The lowest BCUT2D eigenvalue weighted by Gasteiger charge is -2.06. The van der Waals surface area contributed by atoms with Gasteiger partial charge in [-0.2, -0.15) is 0 Å². The van der Waals surface area contributed by atoms with Crippen molar-refractivity contribution in [1.29, 1.82) is 0 Å². The van der Waals surface area contributed by atoms with Crippen molar-refractivity contribution < 1.29 is 9.52 Å². The van der Waals surface area contributed by atoms with Crippen molar-refractivity contribution in [2.75, 3.05) is 5.32 Å². The molecule has 1 aromatic heterocycles. The van der Waals surface area contributed by atoms with Crippen LogP contribution in [0.1, 0.15) is 17.1 Å². The van der Waals surface area contributed by atoms with Gasteiger partial charge in [-0.05, 0) is 42.8 Å². The van der Waals surface area contributed by atoms with Gasteiger partial charge in [0.25, 0.3) is 0 Å². The van der Waals surface area contributed by atoms with Crippen LogP contribution in [0.25, 0.3) is 0 Å². The standard InChI is InChI=1S/C13H14BrNO2/c1-9-4-10(14)6-11(5-9)15-7-12-2-3-13(8-16)17-12/h2-6,15-16H,7-8H2,1H3. The van der Waals surface area contributed by atoms with E-state index in [0.717, 1.165) is 15.9 Å². The predicted molar refractivity (Wildman–Crippen MR) is 70.8 cm³/mol. The van der Waals surface area contributed by atoms with Gasteiger partial charge in [-0.1, -0.05) is 15.9 Å². The SMILES string of the molecule is Cc1cc(Br)cc(NCc2ccc(CO)o2)c1. The minimum Gasteiger partial charge on any atom is -0.462 e. The van der Waals surface area contributed by atoms with Gasteiger partial charge in [0.2, 0.25) is 0 Å². The molecule has 0 saturated heterocycles. The molecule has 0 aliphatic carbocycles. The monoisotopic (exact) mass is 295 g/mol. The first-order valence-electron chi connectivity index (χ1n) is 5.37. The Morgan fingerprint density at radius 1 is 1.24 bits per heavy atom. The number of aliphatic hydroxyl groups is 1. The van der Waals surface area contributed by atoms with Crippen LogP contribution in [0.3, 0.4) is 0 Å². The van der Waals surface area contributed by atoms with Gasteiger partial charge in [0.05, 0.1) is 6.54 Å². The molecule has 90 valence electrons. The summed E-state index contributed by atoms with van der Waals surface area (Å²) in [6, 6.07) is 9.79. The average Bonchev–Trinajstić information content (AvgIpc) is 2.73. The number of furan rings is 1. The maximum Gasteiger partial charge on any atom is 0.129 e. The molecule has 17 heavy (non-hydrogen) atoms. The zero-order valence-corrected chi connectivity index (χ0v) is 11.1. The molecule has 0 radical (unpaired) electrons. The van der Waals surface area contributed by atoms with Gasteiger partial charge >= 0.3 is 0 Å². The smallest absolute Gasteiger partial charge is 0.129 e. The molecule has 0 unspecified atom stereocenters. The van der Waals surface area contributed by atoms with E-state index in [2.05, 4.69) is 33.4 Å². The van der Waals surface area contributed by atoms with Gasteiger partial charge in [-0.25, -0.2) is 0 Å². The average molecular weight is 296 g/mol. The van der Waals surface area contributed by atoms with Gasteiger partial charge in [0.15, 0.2) is 0 Å². The van der Waals surface area contributed by atoms with Gasteiger partial charge < -0.3 is 14.8 Å². The summed E-state index contributed by atoms with van der Waals surface area (Å²) in [5, 5.41) is 12.2. The van der Waals surface area contributed by atoms with E-state index >= 15 is 0 Å². The van der Waals surface area contributed by atoms with E-state index in [9.17, 15) is 0 Å². The maximum absolute atomic E-state index is 8.89. The highest BCUT2D eigenvalue weighted by Crippen LogP contribution is 2.20. The van der Waals surface area contributed by atoms with Gasteiger partial charge in [-0.3, -0.25) is 0 Å². The van der Waals surface area contributed by atoms with Crippen molar-refractivity contribution in [3.05, 3.63) is 51.9 Å². The maximum atomic E-state index is 8.89. The fourth-order valence-electron chi connectivity index (χ4n) is 1.63. The molecule has 3 nitrogen and oxygen atoms in total. The van der Waals surface area contributed by atoms with Crippen molar-refractivity contribution in [3.8, 4) is 0 Å². The summed E-state index contributed by atoms with van der Waals surface area (Å²) in [5.41, 5.74) is 2.23. The largest absolute Gasteiger partial charge is 0.462 e. The van der Waals surface area contributed by atoms with E-state index in [0.29, 0.717) is 12.3 Å². The van der Waals surface area contributed by atoms with Crippen molar-refractivity contribution >= 4 is 21.6 Å². The molecule has 1 aromatic carbocycles. The second-order valence-corrected chi connectivity index (χ2v) is 4.81. The highest BCUT2D eigenvalue weighted by Gasteiger charge is 2.01. The summed E-state index contributed by atoms with van der Waals surface area (Å²) in [4.78, 5) is 0. The molecule has 0 bridgehead atoms. The lowest BCUT2D eigenvalue weighted by atomic mass is 10.2. The second kappa shape index (κ2) is 5.38. The molecular formula is C13H14BrNO2. The Morgan fingerprint density at radius 3 is 2.65 bits per heavy atom. The fraction of sp³-hybridized carbons (Fsp3) is 0.231. The van der Waals surface area contributed by atoms with E-state index in [-0.39, 0.29) is 6.61 Å². The zero-order chi connectivity index (χ0) is 12.3. The van der Waals surface area contributed by atoms with E-state index < -0.39 is 0 Å². The van der Waals surface area contributed by atoms with Crippen LogP contribution in [0.2, 0.25) is 0 Å². The summed E-state index contributed by atoms with van der Waals surface area (Å²) < 4.78 is 6.44. The molecule has 4 heteroatoms. The van der Waals surface area contributed by atoms with E-state index in [1.54, 1.807) is 6.07 Å². The van der Waals surface area contributed by atoms with Gasteiger partial charge in [0, 0.05) is 10.2 Å². The molecular weight excluding hydrogens is 282 g/mol. The number of hydrogen-bond donors (Lipinski definition) is 2. The van der Waals surface area contributed by atoms with Crippen molar-refractivity contribution in [3.63, 3.8) is 0 Å². The van der Waals surface area contributed by atoms with Crippen LogP contribution in [-0.2, 0) is 13.2 Å². The van der Waals surface area contributed by atoms with Crippen LogP contribution in [0.5, 0.6) is 0 Å². The third-order valence-corrected chi connectivity index (χ3v) is 2.84. The Bertz CT molecular complexity index is 488. The quantitative estimate of drug-likeness (QED) is 0.908. The summed E-state index contributed by atoms with van der Waals surface area (Å²) in [6.07, 6.45) is 0. The molecule has 0 atom stereocenters. The number of aryl methyl sites for hydroxylation is 1. The van der Waals surface area contributed by atoms with E-state index in [1.165, 1.54) is 5.56 Å². The number of nitrogens with one attached hydrogen (secondary N) is 1. The third kappa shape index (κ3) is 3.35. The molecule has 0 aliphatic rings. The minimum absolute atomic E-state index is 0.0595. The van der Waals surface area contributed by atoms with Crippen LogP contribution < -0.4 is 5.32 Å². The Labute approximate surface area is 109 Å². The van der Waals surface area contributed by atoms with Crippen LogP contribution >= 0.6 is 15.9 Å². The first-order chi connectivity index (χ1) is 8.17. The first kappa shape index (κ1) is 12.2. The Balaban J connectivity index is 2.01. The van der Waals surface area contributed by atoms with E-state index in [1.807, 2.05) is 19.1 Å². The van der Waals surface area contributed by atoms with Crippen molar-refractivity contribution in [2.24, 2.45) is 0 Å². The number of anilines is 1.